The molecule has 10 heavy (non-hydrogen) atoms. The lowest BCUT2D eigenvalue weighted by Gasteiger charge is -1.80. The van der Waals surface area contributed by atoms with Crippen molar-refractivity contribution in [2.75, 3.05) is 11.5 Å². The molecule has 0 aliphatic heterocycles. The average Bonchev–Trinajstić information content (AvgIpc) is 1.91. The maximum Gasteiger partial charge on any atom is 0.327 e. The smallest absolute Gasteiger partial charge is 0.327 e. The molecule has 60 valence electrons. The van der Waals surface area contributed by atoms with Crippen molar-refractivity contribution < 1.29 is 9.90 Å². The highest BCUT2D eigenvalue weighted by molar-refractivity contribution is 7.99. The standard InChI is InChI=1S/C4H10S.C3H4O2/c1-3-5-4-2;1-2-3(4)5/h3-4H2,1-2H3;2H,1H2,(H,4,5). The summed E-state index contributed by atoms with van der Waals surface area (Å²) in [5.41, 5.74) is 0. The third kappa shape index (κ3) is 25.7. The van der Waals surface area contributed by atoms with E-state index in [4.69, 9.17) is 5.11 Å². The SMILES string of the molecule is C=CC(=O)O.CCSCC. The minimum atomic E-state index is -0.981. The third-order valence-corrected chi connectivity index (χ3v) is 1.40. The summed E-state index contributed by atoms with van der Waals surface area (Å²) in [6.45, 7) is 7.31. The van der Waals surface area contributed by atoms with Crippen molar-refractivity contribution in [1.82, 2.24) is 0 Å². The van der Waals surface area contributed by atoms with Gasteiger partial charge in [-0.15, -0.1) is 0 Å². The van der Waals surface area contributed by atoms with Crippen molar-refractivity contribution in [2.45, 2.75) is 13.8 Å². The van der Waals surface area contributed by atoms with E-state index in [1.165, 1.54) is 11.5 Å². The van der Waals surface area contributed by atoms with Crippen LogP contribution in [0.25, 0.3) is 0 Å². The van der Waals surface area contributed by atoms with E-state index in [-0.39, 0.29) is 0 Å². The first-order chi connectivity index (χ1) is 4.68. The molecular formula is C7H14O2S. The fraction of sp³-hybridized carbons (Fsp3) is 0.571. The predicted molar refractivity (Wildman–Crippen MR) is 46.5 cm³/mol. The number of hydrogen-bond acceptors (Lipinski definition) is 2. The molecule has 0 saturated heterocycles. The lowest BCUT2D eigenvalue weighted by Crippen LogP contribution is -1.82. The number of carboxylic acids is 1. The van der Waals surface area contributed by atoms with Gasteiger partial charge in [-0.2, -0.15) is 11.8 Å². The molecule has 0 saturated carbocycles. The van der Waals surface area contributed by atoms with Crippen molar-refractivity contribution in [1.29, 1.82) is 0 Å². The zero-order valence-electron chi connectivity index (χ0n) is 6.46. The largest absolute Gasteiger partial charge is 0.478 e. The van der Waals surface area contributed by atoms with Crippen molar-refractivity contribution in [3.63, 3.8) is 0 Å². The van der Waals surface area contributed by atoms with Crippen LogP contribution in [0.4, 0.5) is 0 Å². The van der Waals surface area contributed by atoms with Crippen molar-refractivity contribution in [2.24, 2.45) is 0 Å². The molecule has 0 aliphatic carbocycles. The van der Waals surface area contributed by atoms with Gasteiger partial charge in [0.2, 0.25) is 0 Å². The Labute approximate surface area is 66.3 Å². The maximum atomic E-state index is 9.25. The van der Waals surface area contributed by atoms with Crippen LogP contribution in [0.2, 0.25) is 0 Å². The lowest BCUT2D eigenvalue weighted by molar-refractivity contribution is -0.131. The van der Waals surface area contributed by atoms with Gasteiger partial charge in [0.05, 0.1) is 0 Å². The second kappa shape index (κ2) is 11.4. The van der Waals surface area contributed by atoms with E-state index in [0.29, 0.717) is 0 Å². The van der Waals surface area contributed by atoms with E-state index in [0.717, 1.165) is 6.08 Å². The molecule has 0 radical (unpaired) electrons. The van der Waals surface area contributed by atoms with Gasteiger partial charge in [0.1, 0.15) is 0 Å². The summed E-state index contributed by atoms with van der Waals surface area (Å²) in [7, 11) is 0. The van der Waals surface area contributed by atoms with Crippen LogP contribution >= 0.6 is 11.8 Å². The molecule has 0 aromatic heterocycles. The fourth-order valence-electron chi connectivity index (χ4n) is 0.204. The fourth-order valence-corrected chi connectivity index (χ4v) is 0.612. The second-order valence-corrected chi connectivity index (χ2v) is 2.89. The molecule has 2 nitrogen and oxygen atoms in total. The molecule has 0 aromatic carbocycles. The highest BCUT2D eigenvalue weighted by Crippen LogP contribution is 1.93. The van der Waals surface area contributed by atoms with Crippen molar-refractivity contribution in [3.8, 4) is 0 Å². The lowest BCUT2D eigenvalue weighted by atomic mass is 10.7. The molecule has 0 aromatic rings. The molecule has 3 heteroatoms. The Morgan fingerprint density at radius 3 is 1.90 bits per heavy atom. The quantitative estimate of drug-likeness (QED) is 0.645. The molecule has 0 amide bonds. The summed E-state index contributed by atoms with van der Waals surface area (Å²) < 4.78 is 0. The normalized spacial score (nSPS) is 7.40. The summed E-state index contributed by atoms with van der Waals surface area (Å²) in [4.78, 5) is 9.25. The van der Waals surface area contributed by atoms with E-state index in [1.807, 2.05) is 11.8 Å². The van der Waals surface area contributed by atoms with E-state index in [2.05, 4.69) is 20.4 Å². The van der Waals surface area contributed by atoms with Crippen LogP contribution in [-0.4, -0.2) is 22.6 Å². The molecule has 0 heterocycles. The zero-order valence-corrected chi connectivity index (χ0v) is 7.28. The van der Waals surface area contributed by atoms with E-state index in [1.54, 1.807) is 0 Å². The first-order valence-electron chi connectivity index (χ1n) is 3.12. The Morgan fingerprint density at radius 1 is 1.60 bits per heavy atom. The highest BCUT2D eigenvalue weighted by atomic mass is 32.2. The highest BCUT2D eigenvalue weighted by Gasteiger charge is 1.73. The second-order valence-electron chi connectivity index (χ2n) is 1.32. The number of thioether (sulfide) groups is 1. The molecule has 0 fully saturated rings. The number of carbonyl (C=O) groups is 1. The number of carboxylic acid groups (broad SMARTS) is 1. The number of rotatable bonds is 3. The van der Waals surface area contributed by atoms with E-state index in [9.17, 15) is 4.79 Å². The van der Waals surface area contributed by atoms with Crippen molar-refractivity contribution in [3.05, 3.63) is 12.7 Å². The molecular weight excluding hydrogens is 148 g/mol. The van der Waals surface area contributed by atoms with Crippen LogP contribution in [0.5, 0.6) is 0 Å². The van der Waals surface area contributed by atoms with Crippen LogP contribution in [0, 0.1) is 0 Å². The van der Waals surface area contributed by atoms with E-state index >= 15 is 0 Å². The summed E-state index contributed by atoms with van der Waals surface area (Å²) in [6, 6.07) is 0. The first kappa shape index (κ1) is 12.3. The van der Waals surface area contributed by atoms with Crippen molar-refractivity contribution >= 4 is 17.7 Å². The Bertz CT molecular complexity index is 89.6. The monoisotopic (exact) mass is 162 g/mol. The van der Waals surface area contributed by atoms with Gasteiger partial charge in [-0.05, 0) is 11.5 Å². The molecule has 0 atom stereocenters. The molecule has 0 unspecified atom stereocenters. The van der Waals surface area contributed by atoms with Gasteiger partial charge in [-0.1, -0.05) is 20.4 Å². The summed E-state index contributed by atoms with van der Waals surface area (Å²) in [6.07, 6.45) is 0.833. The van der Waals surface area contributed by atoms with Gasteiger partial charge in [-0.3, -0.25) is 0 Å². The average molecular weight is 162 g/mol. The Morgan fingerprint density at radius 2 is 1.90 bits per heavy atom. The summed E-state index contributed by atoms with van der Waals surface area (Å²) in [5.74, 6) is 1.54. The van der Waals surface area contributed by atoms with Crippen LogP contribution in [0.3, 0.4) is 0 Å². The zero-order chi connectivity index (χ0) is 8.41. The van der Waals surface area contributed by atoms with Crippen LogP contribution in [-0.2, 0) is 4.79 Å². The minimum absolute atomic E-state index is 0.833. The molecule has 0 bridgehead atoms. The molecule has 1 N–H and O–H groups in total. The Hall–Kier alpha value is -0.440. The molecule has 0 aliphatic rings. The predicted octanol–water partition coefficient (Wildman–Crippen LogP) is 2.02. The van der Waals surface area contributed by atoms with Gasteiger partial charge >= 0.3 is 5.97 Å². The first-order valence-corrected chi connectivity index (χ1v) is 4.27. The van der Waals surface area contributed by atoms with E-state index < -0.39 is 5.97 Å². The van der Waals surface area contributed by atoms with Gasteiger partial charge in [0, 0.05) is 6.08 Å². The third-order valence-electron chi connectivity index (χ3n) is 0.583. The number of aliphatic carboxylic acids is 1. The van der Waals surface area contributed by atoms with Gasteiger partial charge < -0.3 is 5.11 Å². The van der Waals surface area contributed by atoms with Gasteiger partial charge in [-0.25, -0.2) is 4.79 Å². The van der Waals surface area contributed by atoms with Crippen LogP contribution in [0.15, 0.2) is 12.7 Å². The minimum Gasteiger partial charge on any atom is -0.478 e. The number of hydrogen-bond donors (Lipinski definition) is 1. The van der Waals surface area contributed by atoms with Crippen LogP contribution < -0.4 is 0 Å². The van der Waals surface area contributed by atoms with Gasteiger partial charge in [0.15, 0.2) is 0 Å². The van der Waals surface area contributed by atoms with Crippen LogP contribution in [0.1, 0.15) is 13.8 Å². The molecule has 0 rings (SSSR count). The molecule has 0 spiro atoms. The maximum absolute atomic E-state index is 9.25. The summed E-state index contributed by atoms with van der Waals surface area (Å²) >= 11 is 1.96. The Kier molecular flexibility index (Phi) is 13.9. The Balaban J connectivity index is 0. The summed E-state index contributed by atoms with van der Waals surface area (Å²) in [5, 5.41) is 7.60. The van der Waals surface area contributed by atoms with Gasteiger partial charge in [0.25, 0.3) is 0 Å². The topological polar surface area (TPSA) is 37.3 Å².